The Kier molecular flexibility index (Phi) is 12.1. The number of aliphatic hydroxyl groups excluding tert-OH is 11. The molecule has 0 unspecified atom stereocenters. The molecular weight excluding hydrogens is 594 g/mol. The van der Waals surface area contributed by atoms with Crippen molar-refractivity contribution in [3.05, 3.63) is 0 Å². The number of carboxylic acid groups (broad SMARTS) is 1. The molecule has 250 valence electrons. The predicted molar refractivity (Wildman–Crippen MR) is 130 cm³/mol. The molecule has 0 spiro atoms. The predicted octanol–water partition coefficient (Wildman–Crippen LogP) is -8.22. The minimum absolute atomic E-state index is 0.756. The summed E-state index contributed by atoms with van der Waals surface area (Å²) in [6.45, 7) is -1.86. The lowest BCUT2D eigenvalue weighted by Crippen LogP contribution is -2.71. The van der Waals surface area contributed by atoms with Gasteiger partial charge in [-0.1, -0.05) is 0 Å². The van der Waals surface area contributed by atoms with Crippen LogP contribution in [-0.4, -0.2) is 191 Å². The second-order valence-electron chi connectivity index (χ2n) is 10.5. The highest BCUT2D eigenvalue weighted by Gasteiger charge is 2.60. The Bertz CT molecular complexity index is 942. The molecule has 20 heteroatoms. The number of carboxylic acids is 1. The van der Waals surface area contributed by atoms with Gasteiger partial charge in [0.25, 0.3) is 5.79 Å². The molecule has 0 aromatic rings. The second-order valence-corrected chi connectivity index (χ2v) is 10.5. The van der Waals surface area contributed by atoms with E-state index in [1.54, 1.807) is 0 Å². The van der Waals surface area contributed by atoms with Gasteiger partial charge in [0.05, 0.1) is 32.0 Å². The van der Waals surface area contributed by atoms with Crippen LogP contribution in [0.25, 0.3) is 0 Å². The Morgan fingerprint density at radius 1 is 0.907 bits per heavy atom. The molecule has 16 atom stereocenters. The van der Waals surface area contributed by atoms with Gasteiger partial charge in [-0.3, -0.25) is 4.79 Å². The number of hydrogen-bond acceptors (Lipinski definition) is 18. The van der Waals surface area contributed by atoms with Gasteiger partial charge >= 0.3 is 5.97 Å². The van der Waals surface area contributed by atoms with E-state index in [0.717, 1.165) is 6.92 Å². The van der Waals surface area contributed by atoms with Crippen molar-refractivity contribution in [2.45, 2.75) is 111 Å². The van der Waals surface area contributed by atoms with E-state index < -0.39 is 136 Å². The first-order chi connectivity index (χ1) is 20.1. The molecule has 0 aliphatic carbocycles. The van der Waals surface area contributed by atoms with Crippen molar-refractivity contribution >= 4 is 11.9 Å². The molecule has 0 saturated carbocycles. The van der Waals surface area contributed by atoms with E-state index in [1.807, 2.05) is 0 Å². The molecule has 3 fully saturated rings. The van der Waals surface area contributed by atoms with Gasteiger partial charge in [0.1, 0.15) is 67.1 Å². The average molecular weight is 634 g/mol. The van der Waals surface area contributed by atoms with Crippen molar-refractivity contribution in [3.8, 4) is 0 Å². The zero-order chi connectivity index (χ0) is 32.4. The molecule has 3 heterocycles. The van der Waals surface area contributed by atoms with Gasteiger partial charge in [0, 0.05) is 13.3 Å². The smallest absolute Gasteiger partial charge is 0.364 e. The van der Waals surface area contributed by atoms with Crippen molar-refractivity contribution in [2.75, 3.05) is 19.8 Å². The maximum absolute atomic E-state index is 12.6. The molecule has 3 aliphatic rings. The zero-order valence-corrected chi connectivity index (χ0v) is 22.7. The van der Waals surface area contributed by atoms with Crippen LogP contribution in [0.4, 0.5) is 0 Å². The number of hydrogen-bond donors (Lipinski definition) is 13. The average Bonchev–Trinajstić information content (AvgIpc) is 2.96. The first kappa shape index (κ1) is 35.8. The third-order valence-electron chi connectivity index (χ3n) is 7.47. The Morgan fingerprint density at radius 3 is 2.07 bits per heavy atom. The van der Waals surface area contributed by atoms with Crippen LogP contribution in [0.3, 0.4) is 0 Å². The molecule has 3 rings (SSSR count). The largest absolute Gasteiger partial charge is 0.477 e. The quantitative estimate of drug-likeness (QED) is 0.100. The molecule has 0 bridgehead atoms. The number of nitrogens with one attached hydrogen (secondary N) is 1. The monoisotopic (exact) mass is 633 g/mol. The molecule has 0 aromatic carbocycles. The van der Waals surface area contributed by atoms with E-state index in [0.29, 0.717) is 0 Å². The highest BCUT2D eigenvalue weighted by molar-refractivity contribution is 5.76. The fraction of sp³-hybridized carbons (Fsp3) is 0.913. The Balaban J connectivity index is 2.01. The third kappa shape index (κ3) is 7.41. The van der Waals surface area contributed by atoms with E-state index in [4.69, 9.17) is 23.7 Å². The van der Waals surface area contributed by atoms with Crippen LogP contribution in [0.5, 0.6) is 0 Å². The first-order valence-corrected chi connectivity index (χ1v) is 13.2. The summed E-state index contributed by atoms with van der Waals surface area (Å²) in [7, 11) is 0. The van der Waals surface area contributed by atoms with Gasteiger partial charge in [0.2, 0.25) is 5.91 Å². The van der Waals surface area contributed by atoms with Crippen LogP contribution < -0.4 is 5.32 Å². The van der Waals surface area contributed by atoms with Crippen LogP contribution >= 0.6 is 0 Å². The topological polar surface area (TPSA) is 335 Å². The fourth-order valence-electron chi connectivity index (χ4n) is 5.16. The normalized spacial score (nSPS) is 45.3. The van der Waals surface area contributed by atoms with Crippen LogP contribution in [-0.2, 0) is 33.3 Å². The van der Waals surface area contributed by atoms with Gasteiger partial charge in [-0.05, 0) is 0 Å². The number of ether oxygens (including phenoxy) is 5. The van der Waals surface area contributed by atoms with Gasteiger partial charge in [0.15, 0.2) is 12.6 Å². The summed E-state index contributed by atoms with van der Waals surface area (Å²) in [6, 6.07) is -1.55. The number of aliphatic hydroxyl groups is 11. The Hall–Kier alpha value is -1.70. The first-order valence-electron chi connectivity index (χ1n) is 13.2. The Labute approximate surface area is 243 Å². The zero-order valence-electron chi connectivity index (χ0n) is 22.7. The summed E-state index contributed by atoms with van der Waals surface area (Å²) in [5.74, 6) is -5.78. The summed E-state index contributed by atoms with van der Waals surface area (Å²) >= 11 is 0. The maximum atomic E-state index is 12.6. The molecule has 3 aliphatic heterocycles. The van der Waals surface area contributed by atoms with E-state index in [1.165, 1.54) is 0 Å². The van der Waals surface area contributed by atoms with Gasteiger partial charge in [-0.25, -0.2) is 4.79 Å². The van der Waals surface area contributed by atoms with Crippen molar-refractivity contribution in [2.24, 2.45) is 0 Å². The highest BCUT2D eigenvalue weighted by atomic mass is 16.8. The molecule has 3 saturated heterocycles. The molecule has 20 nitrogen and oxygen atoms in total. The van der Waals surface area contributed by atoms with Gasteiger partial charge in [-0.15, -0.1) is 0 Å². The van der Waals surface area contributed by atoms with Crippen molar-refractivity contribution in [1.29, 1.82) is 0 Å². The number of aliphatic carboxylic acids is 1. The van der Waals surface area contributed by atoms with Gasteiger partial charge in [-0.2, -0.15) is 0 Å². The fourth-order valence-corrected chi connectivity index (χ4v) is 5.16. The lowest BCUT2D eigenvalue weighted by atomic mass is 9.88. The minimum Gasteiger partial charge on any atom is -0.477 e. The van der Waals surface area contributed by atoms with E-state index >= 15 is 0 Å². The van der Waals surface area contributed by atoms with E-state index in [2.05, 4.69) is 5.32 Å². The molecular formula is C23H39NO19. The van der Waals surface area contributed by atoms with Crippen molar-refractivity contribution in [1.82, 2.24) is 5.32 Å². The molecule has 0 aromatic heterocycles. The lowest BCUT2D eigenvalue weighted by molar-refractivity contribution is -0.390. The maximum Gasteiger partial charge on any atom is 0.364 e. The number of rotatable bonds is 11. The summed E-state index contributed by atoms with van der Waals surface area (Å²) in [4.78, 5) is 24.4. The molecule has 1 amide bonds. The highest BCUT2D eigenvalue weighted by Crippen LogP contribution is 2.38. The van der Waals surface area contributed by atoms with E-state index in [-0.39, 0.29) is 0 Å². The van der Waals surface area contributed by atoms with E-state index in [9.17, 15) is 70.9 Å². The molecule has 13 N–H and O–H groups in total. The van der Waals surface area contributed by atoms with Crippen LogP contribution in [0.1, 0.15) is 13.3 Å². The lowest BCUT2D eigenvalue weighted by Gasteiger charge is -2.51. The standard InChI is InChI=1S/C23H39NO19/c1-6(28)24-11-7(29)2-23(22(37)38,42-18(11)12(31)8(30)3-25)43-19-16(35)20(36)39-10(5-27)17(19)41-21-15(34)14(33)13(32)9(4-26)40-21/h7-21,25-27,29-36H,2-5H2,1H3,(H,24,28)(H,37,38)/t7-,8+,9+,10+,11+,12+,13-,14-,15+,16+,17+,18+,19+,20-,21-,23-/m0/s1. The second kappa shape index (κ2) is 14.6. The number of carbonyl (C=O) groups excluding carboxylic acids is 1. The summed E-state index contributed by atoms with van der Waals surface area (Å²) in [5, 5.41) is 124. The summed E-state index contributed by atoms with van der Waals surface area (Å²) in [5.41, 5.74) is 0. The minimum atomic E-state index is -3.05. The Morgan fingerprint density at radius 2 is 1.53 bits per heavy atom. The van der Waals surface area contributed by atoms with Gasteiger partial charge < -0.3 is 90.3 Å². The number of carbonyl (C=O) groups is 2. The van der Waals surface area contributed by atoms with Crippen LogP contribution in [0, 0.1) is 0 Å². The van der Waals surface area contributed by atoms with Crippen molar-refractivity contribution in [3.63, 3.8) is 0 Å². The summed E-state index contributed by atoms with van der Waals surface area (Å²) in [6.07, 6.45) is -28.1. The summed E-state index contributed by atoms with van der Waals surface area (Å²) < 4.78 is 27.1. The molecule has 43 heavy (non-hydrogen) atoms. The van der Waals surface area contributed by atoms with Crippen molar-refractivity contribution < 1.29 is 94.6 Å². The molecule has 0 radical (unpaired) electrons. The third-order valence-corrected chi connectivity index (χ3v) is 7.47. The number of amides is 1. The SMILES string of the molecule is CC(=O)N[C@H]1[C@H]([C@H](O)[C@H](O)CO)O[C@@](O[C@@H]2[C@@H](O)[C@@H](O)O[C@H](CO)[C@H]2O[C@@H]2O[C@H](CO)[C@H](O)[C@H](O)[C@H]2O)(C(=O)O)C[C@@H]1O. The van der Waals surface area contributed by atoms with Crippen LogP contribution in [0.15, 0.2) is 0 Å². The van der Waals surface area contributed by atoms with Crippen LogP contribution in [0.2, 0.25) is 0 Å².